The van der Waals surface area contributed by atoms with Crippen LogP contribution < -0.4 is 9.47 Å². The minimum atomic E-state index is 0.569. The van der Waals surface area contributed by atoms with E-state index in [0.717, 1.165) is 21.5 Å². The molecule has 0 spiro atoms. The molecule has 0 amide bonds. The van der Waals surface area contributed by atoms with Gasteiger partial charge in [-0.1, -0.05) is 30.3 Å². The molecule has 88 valence electrons. The third-order valence-electron chi connectivity index (χ3n) is 2.37. The van der Waals surface area contributed by atoms with E-state index in [0.29, 0.717) is 6.61 Å². The molecule has 0 aliphatic heterocycles. The van der Waals surface area contributed by atoms with Gasteiger partial charge in [0.1, 0.15) is 18.1 Å². The molecule has 0 atom stereocenters. The lowest BCUT2D eigenvalue weighted by Crippen LogP contribution is -1.95. The van der Waals surface area contributed by atoms with Crippen molar-refractivity contribution in [2.24, 2.45) is 0 Å². The minimum Gasteiger partial charge on any atom is -0.496 e. The Morgan fingerprint density at radius 2 is 1.82 bits per heavy atom. The number of methoxy groups -OCH3 is 1. The van der Waals surface area contributed by atoms with Crippen molar-refractivity contribution in [2.45, 2.75) is 6.61 Å². The van der Waals surface area contributed by atoms with Crippen LogP contribution in [0.3, 0.4) is 0 Å². The van der Waals surface area contributed by atoms with E-state index in [1.165, 1.54) is 0 Å². The van der Waals surface area contributed by atoms with Crippen molar-refractivity contribution in [2.75, 3.05) is 7.11 Å². The normalized spacial score (nSPS) is 10.0. The highest BCUT2D eigenvalue weighted by molar-refractivity contribution is 9.10. The largest absolute Gasteiger partial charge is 0.496 e. The van der Waals surface area contributed by atoms with E-state index >= 15 is 0 Å². The van der Waals surface area contributed by atoms with Crippen LogP contribution in [0.1, 0.15) is 5.56 Å². The number of ether oxygens (including phenoxy) is 2. The maximum atomic E-state index is 5.69. The highest BCUT2D eigenvalue weighted by Crippen LogP contribution is 2.29. The molecule has 0 N–H and O–H groups in total. The molecule has 2 aromatic rings. The van der Waals surface area contributed by atoms with Gasteiger partial charge in [-0.3, -0.25) is 0 Å². The molecular weight excluding hydrogens is 280 g/mol. The lowest BCUT2D eigenvalue weighted by atomic mass is 10.2. The summed E-state index contributed by atoms with van der Waals surface area (Å²) in [5.41, 5.74) is 1.15. The van der Waals surface area contributed by atoms with Gasteiger partial charge in [0.15, 0.2) is 0 Å². The first-order chi connectivity index (χ1) is 8.29. The highest BCUT2D eigenvalue weighted by Gasteiger charge is 2.02. The van der Waals surface area contributed by atoms with Crippen LogP contribution in [0.4, 0.5) is 0 Å². The lowest BCUT2D eigenvalue weighted by Gasteiger charge is -2.08. The van der Waals surface area contributed by atoms with Gasteiger partial charge in [-0.05, 0) is 39.7 Å². The van der Waals surface area contributed by atoms with E-state index in [9.17, 15) is 0 Å². The lowest BCUT2D eigenvalue weighted by molar-refractivity contribution is 0.305. The number of benzene rings is 2. The predicted molar refractivity (Wildman–Crippen MR) is 71.5 cm³/mol. The number of rotatable bonds is 4. The van der Waals surface area contributed by atoms with Crippen molar-refractivity contribution in [1.29, 1.82) is 0 Å². The Balaban J connectivity index is 2.02. The first kappa shape index (κ1) is 12.0. The summed E-state index contributed by atoms with van der Waals surface area (Å²) in [6.45, 7) is 0.569. The van der Waals surface area contributed by atoms with Crippen molar-refractivity contribution in [3.05, 3.63) is 58.6 Å². The second-order valence-electron chi connectivity index (χ2n) is 3.57. The summed E-state index contributed by atoms with van der Waals surface area (Å²) in [6, 6.07) is 15.8. The Bertz CT molecular complexity index is 483. The fourth-order valence-corrected chi connectivity index (χ4v) is 2.00. The Hall–Kier alpha value is -1.48. The second-order valence-corrected chi connectivity index (χ2v) is 4.42. The Kier molecular flexibility index (Phi) is 4.04. The van der Waals surface area contributed by atoms with Crippen LogP contribution in [0.15, 0.2) is 53.0 Å². The van der Waals surface area contributed by atoms with Gasteiger partial charge >= 0.3 is 0 Å². The van der Waals surface area contributed by atoms with Gasteiger partial charge in [0, 0.05) is 0 Å². The molecule has 0 saturated heterocycles. The first-order valence-corrected chi connectivity index (χ1v) is 6.09. The fraction of sp³-hybridized carbons (Fsp3) is 0.143. The zero-order valence-corrected chi connectivity index (χ0v) is 11.1. The van der Waals surface area contributed by atoms with Crippen LogP contribution in [-0.4, -0.2) is 7.11 Å². The molecule has 17 heavy (non-hydrogen) atoms. The summed E-state index contributed by atoms with van der Waals surface area (Å²) in [4.78, 5) is 0. The van der Waals surface area contributed by atoms with Gasteiger partial charge < -0.3 is 9.47 Å². The van der Waals surface area contributed by atoms with Gasteiger partial charge in [-0.15, -0.1) is 0 Å². The summed E-state index contributed by atoms with van der Waals surface area (Å²) in [7, 11) is 1.64. The SMILES string of the molecule is COc1ccc(OCc2ccccc2)cc1Br. The first-order valence-electron chi connectivity index (χ1n) is 5.30. The van der Waals surface area contributed by atoms with Gasteiger partial charge in [0.2, 0.25) is 0 Å². The van der Waals surface area contributed by atoms with Crippen LogP contribution in [0, 0.1) is 0 Å². The molecule has 0 aliphatic rings. The van der Waals surface area contributed by atoms with Gasteiger partial charge in [0.05, 0.1) is 11.6 Å². The Morgan fingerprint density at radius 1 is 1.06 bits per heavy atom. The van der Waals surface area contributed by atoms with Crippen molar-refractivity contribution in [3.63, 3.8) is 0 Å². The van der Waals surface area contributed by atoms with Crippen molar-refractivity contribution < 1.29 is 9.47 Å². The number of halogens is 1. The van der Waals surface area contributed by atoms with Crippen LogP contribution in [0.5, 0.6) is 11.5 Å². The van der Waals surface area contributed by atoms with Gasteiger partial charge in [-0.2, -0.15) is 0 Å². The van der Waals surface area contributed by atoms with Crippen molar-refractivity contribution in [3.8, 4) is 11.5 Å². The summed E-state index contributed by atoms with van der Waals surface area (Å²) in [5.74, 6) is 1.62. The summed E-state index contributed by atoms with van der Waals surface area (Å²) in [6.07, 6.45) is 0. The zero-order valence-electron chi connectivity index (χ0n) is 9.52. The van der Waals surface area contributed by atoms with Crippen LogP contribution in [0.25, 0.3) is 0 Å². The van der Waals surface area contributed by atoms with Crippen LogP contribution >= 0.6 is 15.9 Å². The number of hydrogen-bond donors (Lipinski definition) is 0. The van der Waals surface area contributed by atoms with Crippen LogP contribution in [0.2, 0.25) is 0 Å². The van der Waals surface area contributed by atoms with E-state index in [2.05, 4.69) is 15.9 Å². The third kappa shape index (κ3) is 3.24. The Morgan fingerprint density at radius 3 is 2.47 bits per heavy atom. The van der Waals surface area contributed by atoms with Crippen molar-refractivity contribution >= 4 is 15.9 Å². The third-order valence-corrected chi connectivity index (χ3v) is 2.99. The second kappa shape index (κ2) is 5.73. The van der Waals surface area contributed by atoms with E-state index in [1.54, 1.807) is 7.11 Å². The van der Waals surface area contributed by atoms with E-state index in [1.807, 2.05) is 48.5 Å². The van der Waals surface area contributed by atoms with Crippen molar-refractivity contribution in [1.82, 2.24) is 0 Å². The topological polar surface area (TPSA) is 18.5 Å². The summed E-state index contributed by atoms with van der Waals surface area (Å²) in [5, 5.41) is 0. The van der Waals surface area contributed by atoms with Gasteiger partial charge in [-0.25, -0.2) is 0 Å². The standard InChI is InChI=1S/C14H13BrO2/c1-16-14-8-7-12(9-13(14)15)17-10-11-5-3-2-4-6-11/h2-9H,10H2,1H3. The van der Waals surface area contributed by atoms with Crippen LogP contribution in [-0.2, 0) is 6.61 Å². The monoisotopic (exact) mass is 292 g/mol. The average molecular weight is 293 g/mol. The quantitative estimate of drug-likeness (QED) is 0.847. The highest BCUT2D eigenvalue weighted by atomic mass is 79.9. The molecule has 2 rings (SSSR count). The Labute approximate surface area is 109 Å². The molecule has 0 fully saturated rings. The molecule has 3 heteroatoms. The smallest absolute Gasteiger partial charge is 0.133 e. The molecule has 2 aromatic carbocycles. The number of hydrogen-bond acceptors (Lipinski definition) is 2. The minimum absolute atomic E-state index is 0.569. The van der Waals surface area contributed by atoms with Gasteiger partial charge in [0.25, 0.3) is 0 Å². The summed E-state index contributed by atoms with van der Waals surface area (Å²) < 4.78 is 11.7. The molecule has 0 aromatic heterocycles. The maximum Gasteiger partial charge on any atom is 0.133 e. The molecule has 0 bridgehead atoms. The molecule has 0 radical (unpaired) electrons. The molecule has 0 heterocycles. The molecular formula is C14H13BrO2. The van der Waals surface area contributed by atoms with E-state index < -0.39 is 0 Å². The fourth-order valence-electron chi connectivity index (χ4n) is 1.48. The van der Waals surface area contributed by atoms with E-state index in [-0.39, 0.29) is 0 Å². The molecule has 0 aliphatic carbocycles. The van der Waals surface area contributed by atoms with E-state index in [4.69, 9.17) is 9.47 Å². The average Bonchev–Trinajstić information content (AvgIpc) is 2.38. The summed E-state index contributed by atoms with van der Waals surface area (Å²) >= 11 is 3.43. The molecule has 0 saturated carbocycles. The molecule has 2 nitrogen and oxygen atoms in total. The maximum absolute atomic E-state index is 5.69. The molecule has 0 unspecified atom stereocenters. The zero-order chi connectivity index (χ0) is 12.1. The predicted octanol–water partition coefficient (Wildman–Crippen LogP) is 4.04.